The third-order valence-corrected chi connectivity index (χ3v) is 3.48. The maximum Gasteiger partial charge on any atom is 0.410 e. The van der Waals surface area contributed by atoms with Crippen molar-refractivity contribution < 1.29 is 9.53 Å². The Balaban J connectivity index is 2.25. The average Bonchev–Trinajstić information content (AvgIpc) is 2.85. The van der Waals surface area contributed by atoms with E-state index < -0.39 is 5.60 Å². The van der Waals surface area contributed by atoms with Crippen LogP contribution in [0.15, 0.2) is 18.3 Å². The van der Waals surface area contributed by atoms with Crippen LogP contribution in [-0.4, -0.2) is 42.2 Å². The van der Waals surface area contributed by atoms with E-state index in [1.807, 2.05) is 50.7 Å². The van der Waals surface area contributed by atoms with Crippen molar-refractivity contribution in [3.63, 3.8) is 0 Å². The lowest BCUT2D eigenvalue weighted by Crippen LogP contribution is -2.36. The smallest absolute Gasteiger partial charge is 0.410 e. The first-order chi connectivity index (χ1) is 9.79. The number of amides is 1. The van der Waals surface area contributed by atoms with Crippen molar-refractivity contribution in [1.29, 1.82) is 0 Å². The third-order valence-electron chi connectivity index (χ3n) is 3.48. The molecule has 1 amide bonds. The van der Waals surface area contributed by atoms with Crippen molar-refractivity contribution in [2.75, 3.05) is 25.5 Å². The fourth-order valence-corrected chi connectivity index (χ4v) is 2.67. The van der Waals surface area contributed by atoms with Crippen molar-refractivity contribution in [1.82, 2.24) is 9.88 Å². The Morgan fingerprint density at radius 2 is 2.14 bits per heavy atom. The molecule has 21 heavy (non-hydrogen) atoms. The predicted molar refractivity (Wildman–Crippen MR) is 83.5 cm³/mol. The van der Waals surface area contributed by atoms with Crippen LogP contribution in [-0.2, 0) is 4.74 Å². The number of nitrogens with zero attached hydrogens (tertiary/aromatic N) is 3. The highest BCUT2D eigenvalue weighted by molar-refractivity contribution is 5.70. The Hall–Kier alpha value is -1.78. The van der Waals surface area contributed by atoms with Gasteiger partial charge >= 0.3 is 6.09 Å². The molecular formula is C16H25N3O2. The van der Waals surface area contributed by atoms with Crippen LogP contribution in [0.1, 0.15) is 45.2 Å². The number of carbonyl (C=O) groups excluding carboxylic acids is 1. The number of likely N-dealkylation sites (tertiary alicyclic amines) is 1. The molecule has 2 rings (SSSR count). The van der Waals surface area contributed by atoms with E-state index in [2.05, 4.69) is 11.1 Å². The highest BCUT2D eigenvalue weighted by Crippen LogP contribution is 2.36. The number of anilines is 1. The summed E-state index contributed by atoms with van der Waals surface area (Å²) in [6.45, 7) is 6.42. The second kappa shape index (κ2) is 5.92. The monoisotopic (exact) mass is 291 g/mol. The molecule has 0 N–H and O–H groups in total. The Morgan fingerprint density at radius 3 is 2.76 bits per heavy atom. The van der Waals surface area contributed by atoms with Gasteiger partial charge in [-0.25, -0.2) is 9.78 Å². The van der Waals surface area contributed by atoms with Crippen LogP contribution in [0, 0.1) is 0 Å². The average molecular weight is 291 g/mol. The van der Waals surface area contributed by atoms with Crippen molar-refractivity contribution in [2.24, 2.45) is 0 Å². The topological polar surface area (TPSA) is 45.7 Å². The summed E-state index contributed by atoms with van der Waals surface area (Å²) in [5.74, 6) is 0.915. The summed E-state index contributed by atoms with van der Waals surface area (Å²) in [6.07, 6.45) is 3.49. The minimum Gasteiger partial charge on any atom is -0.444 e. The second-order valence-electron chi connectivity index (χ2n) is 6.64. The van der Waals surface area contributed by atoms with E-state index in [-0.39, 0.29) is 12.1 Å². The largest absolute Gasteiger partial charge is 0.444 e. The van der Waals surface area contributed by atoms with Gasteiger partial charge in [-0.15, -0.1) is 0 Å². The van der Waals surface area contributed by atoms with Gasteiger partial charge in [-0.3, -0.25) is 0 Å². The van der Waals surface area contributed by atoms with Gasteiger partial charge in [0.25, 0.3) is 0 Å². The Labute approximate surface area is 126 Å². The van der Waals surface area contributed by atoms with E-state index in [9.17, 15) is 4.79 Å². The minimum absolute atomic E-state index is 0.0472. The van der Waals surface area contributed by atoms with Crippen molar-refractivity contribution in [3.8, 4) is 0 Å². The number of rotatable bonds is 2. The molecule has 0 aromatic carbocycles. The van der Waals surface area contributed by atoms with Crippen LogP contribution < -0.4 is 4.90 Å². The molecule has 0 bridgehead atoms. The lowest BCUT2D eigenvalue weighted by molar-refractivity contribution is 0.0224. The first-order valence-electron chi connectivity index (χ1n) is 7.41. The standard InChI is InChI=1S/C16H25N3O2/c1-16(2,3)21-15(20)19-11-7-9-13(19)12-8-6-10-17-14(12)18(4)5/h6,8,10,13H,7,9,11H2,1-5H3. The van der Waals surface area contributed by atoms with Gasteiger partial charge in [0, 0.05) is 32.4 Å². The summed E-state index contributed by atoms with van der Waals surface area (Å²) >= 11 is 0. The molecule has 0 spiro atoms. The number of pyridine rings is 1. The first kappa shape index (κ1) is 15.6. The van der Waals surface area contributed by atoms with E-state index in [1.165, 1.54) is 0 Å². The Kier molecular flexibility index (Phi) is 4.40. The Morgan fingerprint density at radius 1 is 1.43 bits per heavy atom. The highest BCUT2D eigenvalue weighted by Gasteiger charge is 2.34. The molecule has 2 heterocycles. The summed E-state index contributed by atoms with van der Waals surface area (Å²) in [5.41, 5.74) is 0.620. The van der Waals surface area contributed by atoms with Gasteiger partial charge in [-0.2, -0.15) is 0 Å². The molecule has 1 aromatic heterocycles. The van der Waals surface area contributed by atoms with E-state index >= 15 is 0 Å². The highest BCUT2D eigenvalue weighted by atomic mass is 16.6. The first-order valence-corrected chi connectivity index (χ1v) is 7.41. The van der Waals surface area contributed by atoms with E-state index in [0.717, 1.165) is 30.8 Å². The minimum atomic E-state index is -0.469. The molecule has 0 radical (unpaired) electrons. The molecule has 1 fully saturated rings. The van der Waals surface area contributed by atoms with Crippen LogP contribution in [0.2, 0.25) is 0 Å². The molecule has 5 nitrogen and oxygen atoms in total. The predicted octanol–water partition coefficient (Wildman–Crippen LogP) is 3.22. The summed E-state index contributed by atoms with van der Waals surface area (Å²) in [6, 6.07) is 4.02. The molecule has 1 aromatic rings. The van der Waals surface area contributed by atoms with Gasteiger partial charge in [0.15, 0.2) is 0 Å². The fraction of sp³-hybridized carbons (Fsp3) is 0.625. The molecule has 116 valence electrons. The lowest BCUT2D eigenvalue weighted by atomic mass is 10.1. The van der Waals surface area contributed by atoms with Crippen LogP contribution in [0.5, 0.6) is 0 Å². The zero-order valence-electron chi connectivity index (χ0n) is 13.6. The van der Waals surface area contributed by atoms with Gasteiger partial charge in [0.2, 0.25) is 0 Å². The molecular weight excluding hydrogens is 266 g/mol. The number of hydrogen-bond donors (Lipinski definition) is 0. The van der Waals surface area contributed by atoms with E-state index in [0.29, 0.717) is 0 Å². The third kappa shape index (κ3) is 3.65. The molecule has 1 unspecified atom stereocenters. The SMILES string of the molecule is CN(C)c1ncccc1C1CCCN1C(=O)OC(C)(C)C. The quantitative estimate of drug-likeness (QED) is 0.839. The molecule has 1 aliphatic rings. The zero-order valence-corrected chi connectivity index (χ0v) is 13.6. The van der Waals surface area contributed by atoms with Gasteiger partial charge in [-0.05, 0) is 39.7 Å². The molecule has 1 atom stereocenters. The molecule has 0 saturated carbocycles. The summed E-state index contributed by atoms with van der Waals surface area (Å²) in [4.78, 5) is 20.6. The summed E-state index contributed by atoms with van der Waals surface area (Å²) < 4.78 is 5.53. The van der Waals surface area contributed by atoms with E-state index in [4.69, 9.17) is 4.74 Å². The Bertz CT molecular complexity index is 508. The van der Waals surface area contributed by atoms with Crippen LogP contribution in [0.3, 0.4) is 0 Å². The number of carbonyl (C=O) groups is 1. The molecule has 5 heteroatoms. The van der Waals surface area contributed by atoms with Crippen LogP contribution >= 0.6 is 0 Å². The van der Waals surface area contributed by atoms with Crippen molar-refractivity contribution >= 4 is 11.9 Å². The van der Waals surface area contributed by atoms with E-state index in [1.54, 1.807) is 6.20 Å². The van der Waals surface area contributed by atoms with Gasteiger partial charge in [-0.1, -0.05) is 6.07 Å². The van der Waals surface area contributed by atoms with Gasteiger partial charge in [0.05, 0.1) is 6.04 Å². The number of hydrogen-bond acceptors (Lipinski definition) is 4. The molecule has 0 aliphatic carbocycles. The molecule has 1 saturated heterocycles. The number of aromatic nitrogens is 1. The maximum absolute atomic E-state index is 12.4. The van der Waals surface area contributed by atoms with Crippen LogP contribution in [0.4, 0.5) is 10.6 Å². The zero-order chi connectivity index (χ0) is 15.6. The normalized spacial score (nSPS) is 18.7. The second-order valence-corrected chi connectivity index (χ2v) is 6.64. The number of ether oxygens (including phenoxy) is 1. The van der Waals surface area contributed by atoms with Crippen molar-refractivity contribution in [2.45, 2.75) is 45.3 Å². The summed E-state index contributed by atoms with van der Waals surface area (Å²) in [7, 11) is 3.94. The van der Waals surface area contributed by atoms with Crippen molar-refractivity contribution in [3.05, 3.63) is 23.9 Å². The lowest BCUT2D eigenvalue weighted by Gasteiger charge is -2.30. The summed E-state index contributed by atoms with van der Waals surface area (Å²) in [5, 5.41) is 0. The van der Waals surface area contributed by atoms with Gasteiger partial charge < -0.3 is 14.5 Å². The molecule has 1 aliphatic heterocycles. The fourth-order valence-electron chi connectivity index (χ4n) is 2.67. The maximum atomic E-state index is 12.4. The van der Waals surface area contributed by atoms with Crippen LogP contribution in [0.25, 0.3) is 0 Å². The van der Waals surface area contributed by atoms with Gasteiger partial charge in [0.1, 0.15) is 11.4 Å².